The van der Waals surface area contributed by atoms with Crippen LogP contribution in [0.1, 0.15) is 18.1 Å². The van der Waals surface area contributed by atoms with Gasteiger partial charge in [-0.3, -0.25) is 4.79 Å². The molecule has 8 heteroatoms. The first-order chi connectivity index (χ1) is 13.9. The maximum absolute atomic E-state index is 12.7. The summed E-state index contributed by atoms with van der Waals surface area (Å²) in [6, 6.07) is 9.70. The van der Waals surface area contributed by atoms with Gasteiger partial charge in [0.2, 0.25) is 5.91 Å². The topological polar surface area (TPSA) is 79.9 Å². The van der Waals surface area contributed by atoms with Gasteiger partial charge in [-0.05, 0) is 54.8 Å². The fourth-order valence-electron chi connectivity index (χ4n) is 3.22. The van der Waals surface area contributed by atoms with Gasteiger partial charge in [0.1, 0.15) is 6.04 Å². The highest BCUT2D eigenvalue weighted by Gasteiger charge is 2.25. The molecule has 3 amide bonds. The third-order valence-electron chi connectivity index (χ3n) is 4.83. The van der Waals surface area contributed by atoms with Crippen LogP contribution < -0.4 is 20.1 Å². The number of anilines is 1. The minimum Gasteiger partial charge on any atom is -0.493 e. The van der Waals surface area contributed by atoms with Crippen molar-refractivity contribution in [1.82, 2.24) is 10.2 Å². The van der Waals surface area contributed by atoms with Gasteiger partial charge in [0.05, 0.1) is 14.2 Å². The highest BCUT2D eigenvalue weighted by atomic mass is 35.5. The number of amides is 3. The normalized spacial score (nSPS) is 13.9. The Balaban J connectivity index is 1.62. The maximum atomic E-state index is 12.7. The Morgan fingerprint density at radius 2 is 1.79 bits per heavy atom. The second-order valence-electron chi connectivity index (χ2n) is 6.82. The molecule has 2 aromatic carbocycles. The Hall–Kier alpha value is -2.93. The third kappa shape index (κ3) is 4.92. The third-order valence-corrected chi connectivity index (χ3v) is 5.07. The van der Waals surface area contributed by atoms with Crippen molar-refractivity contribution in [3.8, 4) is 11.5 Å². The van der Waals surface area contributed by atoms with E-state index in [1.54, 1.807) is 50.3 Å². The molecule has 1 aliphatic rings. The highest BCUT2D eigenvalue weighted by Crippen LogP contribution is 2.33. The van der Waals surface area contributed by atoms with Crippen LogP contribution in [-0.4, -0.2) is 43.6 Å². The van der Waals surface area contributed by atoms with Gasteiger partial charge in [-0.1, -0.05) is 17.7 Å². The lowest BCUT2D eigenvalue weighted by Crippen LogP contribution is -2.49. The van der Waals surface area contributed by atoms with Gasteiger partial charge in [0.25, 0.3) is 0 Å². The van der Waals surface area contributed by atoms with Crippen LogP contribution in [-0.2, 0) is 17.8 Å². The van der Waals surface area contributed by atoms with Crippen molar-refractivity contribution in [2.75, 3.05) is 26.1 Å². The number of nitrogens with one attached hydrogen (secondary N) is 2. The Kier molecular flexibility index (Phi) is 6.49. The van der Waals surface area contributed by atoms with Crippen molar-refractivity contribution >= 4 is 29.2 Å². The lowest BCUT2D eigenvalue weighted by molar-refractivity contribution is -0.117. The van der Waals surface area contributed by atoms with Crippen LogP contribution in [0.25, 0.3) is 0 Å². The minimum absolute atomic E-state index is 0.292. The molecule has 0 aliphatic carbocycles. The van der Waals surface area contributed by atoms with Crippen LogP contribution in [0.5, 0.6) is 11.5 Å². The first-order valence-electron chi connectivity index (χ1n) is 9.27. The van der Waals surface area contributed by atoms with Crippen molar-refractivity contribution in [2.45, 2.75) is 25.9 Å². The quantitative estimate of drug-likeness (QED) is 0.780. The van der Waals surface area contributed by atoms with Crippen LogP contribution in [0.2, 0.25) is 5.02 Å². The predicted octanol–water partition coefficient (Wildman–Crippen LogP) is 3.45. The molecular formula is C21H24ClN3O4. The minimum atomic E-state index is -0.701. The van der Waals surface area contributed by atoms with Crippen molar-refractivity contribution in [3.05, 3.63) is 52.5 Å². The Morgan fingerprint density at radius 1 is 1.10 bits per heavy atom. The summed E-state index contributed by atoms with van der Waals surface area (Å²) in [5.74, 6) is 0.989. The van der Waals surface area contributed by atoms with Crippen molar-refractivity contribution < 1.29 is 19.1 Å². The molecule has 2 aromatic rings. The van der Waals surface area contributed by atoms with Crippen LogP contribution in [0, 0.1) is 0 Å². The van der Waals surface area contributed by atoms with Crippen LogP contribution in [0.3, 0.4) is 0 Å². The monoisotopic (exact) mass is 417 g/mol. The van der Waals surface area contributed by atoms with Crippen LogP contribution in [0.4, 0.5) is 10.5 Å². The zero-order valence-corrected chi connectivity index (χ0v) is 17.4. The number of fused-ring (bicyclic) bond motifs is 1. The first-order valence-corrected chi connectivity index (χ1v) is 9.64. The summed E-state index contributed by atoms with van der Waals surface area (Å²) in [6.07, 6.45) is 0.701. The number of benzene rings is 2. The van der Waals surface area contributed by atoms with Gasteiger partial charge in [-0.15, -0.1) is 0 Å². The van der Waals surface area contributed by atoms with E-state index in [0.717, 1.165) is 11.1 Å². The number of hydrogen-bond acceptors (Lipinski definition) is 4. The SMILES string of the molecule is COc1cc2c(cc1OC)CN(C(=O)N[C@H](C)C(=O)Nc1cccc(Cl)c1)CC2. The number of carbonyl (C=O) groups is 2. The number of methoxy groups -OCH3 is 2. The molecule has 1 aliphatic heterocycles. The zero-order chi connectivity index (χ0) is 21.0. The fraction of sp³-hybridized carbons (Fsp3) is 0.333. The number of hydrogen-bond donors (Lipinski definition) is 2. The molecule has 3 rings (SSSR count). The molecule has 29 heavy (non-hydrogen) atoms. The molecule has 0 fully saturated rings. The molecule has 0 unspecified atom stereocenters. The Labute approximate surface area is 174 Å². The second-order valence-corrected chi connectivity index (χ2v) is 7.25. The van der Waals surface area contributed by atoms with Crippen LogP contribution in [0.15, 0.2) is 36.4 Å². The largest absolute Gasteiger partial charge is 0.493 e. The summed E-state index contributed by atoms with van der Waals surface area (Å²) >= 11 is 5.93. The number of urea groups is 1. The van der Waals surface area contributed by atoms with E-state index in [0.29, 0.717) is 41.7 Å². The average molecular weight is 418 g/mol. The van der Waals surface area contributed by atoms with Gasteiger partial charge >= 0.3 is 6.03 Å². The zero-order valence-electron chi connectivity index (χ0n) is 16.6. The molecule has 0 aromatic heterocycles. The fourth-order valence-corrected chi connectivity index (χ4v) is 3.41. The number of nitrogens with zero attached hydrogens (tertiary/aromatic N) is 1. The average Bonchev–Trinajstić information content (AvgIpc) is 2.72. The Bertz CT molecular complexity index is 919. The van der Waals surface area contributed by atoms with Crippen LogP contribution >= 0.6 is 11.6 Å². The summed E-state index contributed by atoms with van der Waals surface area (Å²) < 4.78 is 10.7. The summed E-state index contributed by atoms with van der Waals surface area (Å²) in [7, 11) is 3.18. The van der Waals surface area contributed by atoms with E-state index in [2.05, 4.69) is 10.6 Å². The molecule has 7 nitrogen and oxygen atoms in total. The smallest absolute Gasteiger partial charge is 0.318 e. The number of carbonyl (C=O) groups excluding carboxylic acids is 2. The standard InChI is InChI=1S/C21H24ClN3O4/c1-13(20(26)24-17-6-4-5-16(22)11-17)23-21(27)25-8-7-14-9-18(28-2)19(29-3)10-15(14)12-25/h4-6,9-11,13H,7-8,12H2,1-3H3,(H,23,27)(H,24,26)/t13-/m1/s1. The maximum Gasteiger partial charge on any atom is 0.318 e. The Morgan fingerprint density at radius 3 is 2.45 bits per heavy atom. The van der Waals surface area contributed by atoms with E-state index in [9.17, 15) is 9.59 Å². The summed E-state index contributed by atoms with van der Waals surface area (Å²) in [6.45, 7) is 2.63. The van der Waals surface area contributed by atoms with Crippen molar-refractivity contribution in [2.24, 2.45) is 0 Å². The van der Waals surface area contributed by atoms with E-state index >= 15 is 0 Å². The molecule has 0 spiro atoms. The van der Waals surface area contributed by atoms with E-state index in [1.165, 1.54) is 0 Å². The number of halogens is 1. The molecule has 1 heterocycles. The lowest BCUT2D eigenvalue weighted by Gasteiger charge is -2.30. The number of rotatable bonds is 5. The summed E-state index contributed by atoms with van der Waals surface area (Å²) in [4.78, 5) is 26.7. The van der Waals surface area contributed by atoms with Gasteiger partial charge in [-0.25, -0.2) is 4.79 Å². The van der Waals surface area contributed by atoms with E-state index in [-0.39, 0.29) is 11.9 Å². The molecule has 0 saturated heterocycles. The molecular weight excluding hydrogens is 394 g/mol. The molecule has 154 valence electrons. The van der Waals surface area contributed by atoms with E-state index in [4.69, 9.17) is 21.1 Å². The number of ether oxygens (including phenoxy) is 2. The van der Waals surface area contributed by atoms with Gasteiger partial charge in [0.15, 0.2) is 11.5 Å². The van der Waals surface area contributed by atoms with E-state index in [1.807, 2.05) is 12.1 Å². The van der Waals surface area contributed by atoms with Crippen molar-refractivity contribution in [3.63, 3.8) is 0 Å². The summed E-state index contributed by atoms with van der Waals surface area (Å²) in [5.41, 5.74) is 2.70. The molecule has 2 N–H and O–H groups in total. The first kappa shape index (κ1) is 20.8. The molecule has 0 radical (unpaired) electrons. The molecule has 0 bridgehead atoms. The molecule has 1 atom stereocenters. The highest BCUT2D eigenvalue weighted by molar-refractivity contribution is 6.30. The van der Waals surface area contributed by atoms with Gasteiger partial charge in [0, 0.05) is 23.8 Å². The second kappa shape index (κ2) is 9.05. The van der Waals surface area contributed by atoms with E-state index < -0.39 is 6.04 Å². The lowest BCUT2D eigenvalue weighted by atomic mass is 9.99. The van der Waals surface area contributed by atoms with Crippen molar-refractivity contribution in [1.29, 1.82) is 0 Å². The summed E-state index contributed by atoms with van der Waals surface area (Å²) in [5, 5.41) is 6.03. The van der Waals surface area contributed by atoms with Gasteiger partial charge < -0.3 is 25.0 Å². The molecule has 0 saturated carbocycles. The van der Waals surface area contributed by atoms with Gasteiger partial charge in [-0.2, -0.15) is 0 Å². The predicted molar refractivity (Wildman–Crippen MR) is 112 cm³/mol.